The van der Waals surface area contributed by atoms with E-state index in [0.29, 0.717) is 16.2 Å². The van der Waals surface area contributed by atoms with Crippen molar-refractivity contribution in [3.63, 3.8) is 0 Å². The summed E-state index contributed by atoms with van der Waals surface area (Å²) in [6.45, 7) is 0. The molecule has 25 heavy (non-hydrogen) atoms. The van der Waals surface area contributed by atoms with Crippen LogP contribution in [0.4, 0.5) is 0 Å². The lowest BCUT2D eigenvalue weighted by Crippen LogP contribution is -2.16. The largest absolute Gasteiger partial charge is 0.493 e. The molecule has 0 bridgehead atoms. The molecule has 0 aliphatic rings. The zero-order valence-corrected chi connectivity index (χ0v) is 13.7. The summed E-state index contributed by atoms with van der Waals surface area (Å²) in [5, 5.41) is 15.3. The Morgan fingerprint density at radius 2 is 2.08 bits per heavy atom. The quantitative estimate of drug-likeness (QED) is 0.593. The zero-order valence-electron chi connectivity index (χ0n) is 13.0. The number of hydrogen-bond acceptors (Lipinski definition) is 4. The number of aromatic amines is 1. The van der Waals surface area contributed by atoms with E-state index < -0.39 is 0 Å². The molecule has 4 aromatic rings. The van der Waals surface area contributed by atoms with Gasteiger partial charge >= 0.3 is 0 Å². The van der Waals surface area contributed by atoms with Gasteiger partial charge in [0.15, 0.2) is 0 Å². The van der Waals surface area contributed by atoms with Gasteiger partial charge in [0.1, 0.15) is 5.65 Å². The number of nitrogens with one attached hydrogen (secondary N) is 1. The third kappa shape index (κ3) is 2.77. The third-order valence-corrected chi connectivity index (χ3v) is 4.22. The lowest BCUT2D eigenvalue weighted by molar-refractivity contribution is 0.428. The molecular weight excluding hydrogens is 340 g/mol. The predicted octanol–water partition coefficient (Wildman–Crippen LogP) is 3.03. The van der Waals surface area contributed by atoms with Gasteiger partial charge in [-0.05, 0) is 23.8 Å². The lowest BCUT2D eigenvalue weighted by atomic mass is 10.1. The molecule has 2 N–H and O–H groups in total. The van der Waals surface area contributed by atoms with Gasteiger partial charge in [-0.3, -0.25) is 9.78 Å². The second-order valence-electron chi connectivity index (χ2n) is 5.62. The van der Waals surface area contributed by atoms with E-state index in [4.69, 9.17) is 11.6 Å². The number of aromatic hydroxyl groups is 1. The summed E-state index contributed by atoms with van der Waals surface area (Å²) in [5.74, 6) is -0.186. The first kappa shape index (κ1) is 15.4. The molecule has 0 saturated carbocycles. The summed E-state index contributed by atoms with van der Waals surface area (Å²) in [6.07, 6.45) is 5.18. The molecule has 0 radical (unpaired) electrons. The van der Waals surface area contributed by atoms with Crippen LogP contribution in [0.15, 0.2) is 59.8 Å². The number of benzene rings is 1. The van der Waals surface area contributed by atoms with Crippen molar-refractivity contribution in [1.29, 1.82) is 0 Å². The first-order valence-electron chi connectivity index (χ1n) is 7.60. The average molecular weight is 353 g/mol. The van der Waals surface area contributed by atoms with Crippen molar-refractivity contribution in [2.45, 2.75) is 6.42 Å². The maximum Gasteiger partial charge on any atom is 0.258 e. The second kappa shape index (κ2) is 6.07. The average Bonchev–Trinajstić information content (AvgIpc) is 3.03. The Bertz CT molecular complexity index is 1120. The molecule has 0 atom stereocenters. The molecule has 0 aliphatic heterocycles. The SMILES string of the molecule is O=c1[nH]c2c(-c3cccnc3)cnn2c(O)c1Cc1cccc(Cl)c1. The Morgan fingerprint density at radius 1 is 1.20 bits per heavy atom. The smallest absolute Gasteiger partial charge is 0.258 e. The molecule has 0 amide bonds. The molecule has 0 saturated heterocycles. The number of pyridine rings is 1. The number of halogens is 1. The highest BCUT2D eigenvalue weighted by atomic mass is 35.5. The van der Waals surface area contributed by atoms with E-state index in [1.807, 2.05) is 12.1 Å². The molecule has 6 nitrogen and oxygen atoms in total. The standard InChI is InChI=1S/C18H13ClN4O2/c19-13-5-1-3-11(7-13)8-14-17(24)22-16-15(10-21-23(16)18(14)25)12-4-2-6-20-9-12/h1-7,9-10,25H,8H2,(H,22,24). The lowest BCUT2D eigenvalue weighted by Gasteiger charge is -2.07. The molecule has 124 valence electrons. The molecule has 0 unspecified atom stereocenters. The molecule has 0 spiro atoms. The Labute approximate surface area is 147 Å². The fourth-order valence-electron chi connectivity index (χ4n) is 2.79. The van der Waals surface area contributed by atoms with Gasteiger partial charge in [0.05, 0.1) is 11.8 Å². The number of fused-ring (bicyclic) bond motifs is 1. The first-order chi connectivity index (χ1) is 12.1. The monoisotopic (exact) mass is 352 g/mol. The number of H-pyrrole nitrogens is 1. The molecule has 0 aliphatic carbocycles. The molecular formula is C18H13ClN4O2. The van der Waals surface area contributed by atoms with Crippen molar-refractivity contribution in [1.82, 2.24) is 19.6 Å². The number of rotatable bonds is 3. The second-order valence-corrected chi connectivity index (χ2v) is 6.06. The van der Waals surface area contributed by atoms with Crippen molar-refractivity contribution in [2.24, 2.45) is 0 Å². The molecule has 0 fully saturated rings. The van der Waals surface area contributed by atoms with E-state index in [1.54, 1.807) is 42.9 Å². The maximum atomic E-state index is 12.5. The van der Waals surface area contributed by atoms with E-state index in [0.717, 1.165) is 11.1 Å². The van der Waals surface area contributed by atoms with E-state index >= 15 is 0 Å². The Hall–Kier alpha value is -3.12. The zero-order chi connectivity index (χ0) is 17.4. The number of hydrogen-bond donors (Lipinski definition) is 2. The van der Waals surface area contributed by atoms with Gasteiger partial charge < -0.3 is 10.1 Å². The Kier molecular flexibility index (Phi) is 3.74. The van der Waals surface area contributed by atoms with Crippen molar-refractivity contribution >= 4 is 17.2 Å². The normalized spacial score (nSPS) is 11.1. The van der Waals surface area contributed by atoms with Gasteiger partial charge in [-0.15, -0.1) is 0 Å². The Balaban J connectivity index is 1.85. The van der Waals surface area contributed by atoms with Crippen LogP contribution in [0.3, 0.4) is 0 Å². The fourth-order valence-corrected chi connectivity index (χ4v) is 3.00. The van der Waals surface area contributed by atoms with Crippen LogP contribution >= 0.6 is 11.6 Å². The van der Waals surface area contributed by atoms with Crippen LogP contribution in [0.25, 0.3) is 16.8 Å². The summed E-state index contributed by atoms with van der Waals surface area (Å²) in [6, 6.07) is 10.8. The van der Waals surface area contributed by atoms with Crippen LogP contribution in [-0.4, -0.2) is 24.7 Å². The first-order valence-corrected chi connectivity index (χ1v) is 7.98. The minimum Gasteiger partial charge on any atom is -0.493 e. The molecule has 3 aromatic heterocycles. The molecule has 1 aromatic carbocycles. The highest BCUT2D eigenvalue weighted by Gasteiger charge is 2.17. The molecule has 4 rings (SSSR count). The summed E-state index contributed by atoms with van der Waals surface area (Å²) >= 11 is 5.98. The van der Waals surface area contributed by atoms with Crippen molar-refractivity contribution in [2.75, 3.05) is 0 Å². The van der Waals surface area contributed by atoms with Crippen molar-refractivity contribution < 1.29 is 5.11 Å². The number of nitrogens with zero attached hydrogens (tertiary/aromatic N) is 3. The van der Waals surface area contributed by atoms with Crippen molar-refractivity contribution in [3.8, 4) is 17.0 Å². The molecule has 3 heterocycles. The van der Waals surface area contributed by atoms with Gasteiger partial charge in [-0.1, -0.05) is 29.8 Å². The summed E-state index contributed by atoms with van der Waals surface area (Å²) in [7, 11) is 0. The van der Waals surface area contributed by atoms with E-state index in [1.165, 1.54) is 4.52 Å². The summed E-state index contributed by atoms with van der Waals surface area (Å²) in [4.78, 5) is 19.4. The predicted molar refractivity (Wildman–Crippen MR) is 95.0 cm³/mol. The van der Waals surface area contributed by atoms with Gasteiger partial charge in [0.25, 0.3) is 5.56 Å². The van der Waals surface area contributed by atoms with Gasteiger partial charge in [0.2, 0.25) is 5.88 Å². The summed E-state index contributed by atoms with van der Waals surface area (Å²) in [5.41, 5.74) is 2.61. The highest BCUT2D eigenvalue weighted by Crippen LogP contribution is 2.26. The van der Waals surface area contributed by atoms with Crippen LogP contribution in [-0.2, 0) is 6.42 Å². The highest BCUT2D eigenvalue weighted by molar-refractivity contribution is 6.30. The maximum absolute atomic E-state index is 12.5. The van der Waals surface area contributed by atoms with E-state index in [9.17, 15) is 9.90 Å². The number of aromatic nitrogens is 4. The van der Waals surface area contributed by atoms with Crippen LogP contribution in [0.5, 0.6) is 5.88 Å². The minimum absolute atomic E-state index is 0.186. The summed E-state index contributed by atoms with van der Waals surface area (Å²) < 4.78 is 1.32. The van der Waals surface area contributed by atoms with Crippen LogP contribution in [0, 0.1) is 0 Å². The van der Waals surface area contributed by atoms with E-state index in [-0.39, 0.29) is 23.4 Å². The van der Waals surface area contributed by atoms with E-state index in [2.05, 4.69) is 15.1 Å². The third-order valence-electron chi connectivity index (χ3n) is 3.99. The van der Waals surface area contributed by atoms with Gasteiger partial charge in [-0.2, -0.15) is 9.61 Å². The topological polar surface area (TPSA) is 83.3 Å². The molecule has 7 heteroatoms. The van der Waals surface area contributed by atoms with Crippen LogP contribution < -0.4 is 5.56 Å². The fraction of sp³-hybridized carbons (Fsp3) is 0.0556. The van der Waals surface area contributed by atoms with Crippen molar-refractivity contribution in [3.05, 3.63) is 81.5 Å². The minimum atomic E-state index is -0.365. The van der Waals surface area contributed by atoms with Gasteiger partial charge in [0, 0.05) is 35.0 Å². The van der Waals surface area contributed by atoms with Crippen LogP contribution in [0.1, 0.15) is 11.1 Å². The van der Waals surface area contributed by atoms with Crippen LogP contribution in [0.2, 0.25) is 5.02 Å². The Morgan fingerprint density at radius 3 is 2.84 bits per heavy atom. The van der Waals surface area contributed by atoms with Gasteiger partial charge in [-0.25, -0.2) is 0 Å².